The molecular formula is C143H158N2O4. The molecule has 0 aromatic carbocycles. The van der Waals surface area contributed by atoms with Crippen molar-refractivity contribution in [2.24, 2.45) is 73.4 Å². The minimum atomic E-state index is -0.986. The first kappa shape index (κ1) is 167. The Balaban J connectivity index is -0.0000000966. The molecule has 2 aliphatic rings. The zero-order valence-electron chi connectivity index (χ0n) is 96.3. The summed E-state index contributed by atoms with van der Waals surface area (Å²) >= 11 is 0. The van der Waals surface area contributed by atoms with Gasteiger partial charge in [-0.05, 0) is 524 Å². The van der Waals surface area contributed by atoms with Crippen molar-refractivity contribution in [2.45, 2.75) is 321 Å². The van der Waals surface area contributed by atoms with Crippen molar-refractivity contribution >= 4 is 12.1 Å². The molecule has 2 rings (SSSR count). The summed E-state index contributed by atoms with van der Waals surface area (Å²) in [6, 6.07) is 0. The Kier molecular flexibility index (Phi) is 130. The predicted molar refractivity (Wildman–Crippen MR) is 646 cm³/mol. The first-order chi connectivity index (χ1) is 69.5. The lowest BCUT2D eigenvalue weighted by Crippen LogP contribution is -2.54. The van der Waals surface area contributed by atoms with Gasteiger partial charge >= 0.3 is 12.1 Å². The molecule has 6 heteroatoms. The summed E-state index contributed by atoms with van der Waals surface area (Å²) in [5.74, 6) is 164. The predicted octanol–water partition coefficient (Wildman–Crippen LogP) is 24.6. The molecule has 6 nitrogen and oxygen atoms in total. The second-order valence-corrected chi connectivity index (χ2v) is 33.6. The Morgan fingerprint density at radius 2 is 0.584 bits per heavy atom. The number of alkyl carbamates (subject to hydrolysis) is 1. The molecule has 764 valence electrons. The van der Waals surface area contributed by atoms with E-state index in [4.69, 9.17) is 67.3 Å². The van der Waals surface area contributed by atoms with E-state index in [9.17, 15) is 9.59 Å². The van der Waals surface area contributed by atoms with Gasteiger partial charge in [0.2, 0.25) is 0 Å². The third-order valence-corrected chi connectivity index (χ3v) is 19.2. The van der Waals surface area contributed by atoms with Gasteiger partial charge in [0, 0.05) is 5.92 Å². The Morgan fingerprint density at radius 1 is 0.369 bits per heavy atom. The molecule has 7 atom stereocenters. The monoisotopic (exact) mass is 1970 g/mol. The zero-order chi connectivity index (χ0) is 117. The number of carbonyl (C=O) groups excluding carboxylic acids is 2. The van der Waals surface area contributed by atoms with E-state index in [0.29, 0.717) is 22.7 Å². The molecule has 2 fully saturated rings. The van der Waals surface area contributed by atoms with Crippen molar-refractivity contribution < 1.29 is 19.1 Å². The van der Waals surface area contributed by atoms with Crippen molar-refractivity contribution in [3.05, 3.63) is 12.7 Å². The second kappa shape index (κ2) is 116. The normalized spacial score (nSPS) is 11.6. The molecule has 0 heterocycles. The van der Waals surface area contributed by atoms with Gasteiger partial charge < -0.3 is 20.9 Å². The van der Waals surface area contributed by atoms with Crippen LogP contribution in [-0.2, 0) is 14.3 Å². The maximum absolute atomic E-state index is 11.9. The van der Waals surface area contributed by atoms with Crippen molar-refractivity contribution in [1.29, 1.82) is 0 Å². The van der Waals surface area contributed by atoms with Crippen LogP contribution in [0.2, 0.25) is 0 Å². The molecule has 0 bridgehead atoms. The number of hydrogen-bond donors (Lipinski definition) is 2. The summed E-state index contributed by atoms with van der Waals surface area (Å²) < 4.78 is 10.1. The summed E-state index contributed by atoms with van der Waals surface area (Å²) in [4.78, 5) is 23.6. The van der Waals surface area contributed by atoms with E-state index in [1.54, 1.807) is 103 Å². The highest BCUT2D eigenvalue weighted by Gasteiger charge is 2.66. The summed E-state index contributed by atoms with van der Waals surface area (Å²) in [7, 11) is 0. The van der Waals surface area contributed by atoms with Crippen LogP contribution in [0.15, 0.2) is 12.7 Å². The Labute approximate surface area is 917 Å². The molecular weight excluding hydrogens is 1810 g/mol. The Morgan fingerprint density at radius 3 is 0.752 bits per heavy atom. The molecule has 0 aromatic rings. The molecule has 2 saturated carbocycles. The van der Waals surface area contributed by atoms with E-state index >= 15 is 0 Å². The third kappa shape index (κ3) is 102. The number of amides is 1. The summed E-state index contributed by atoms with van der Waals surface area (Å²) in [5.41, 5.74) is 0.658. The fraction of sp³-hybridized carbons (Fsp3) is 0.427. The molecule has 0 aliphatic heterocycles. The highest BCUT2D eigenvalue weighted by molar-refractivity contribution is 5.90. The quantitative estimate of drug-likeness (QED) is 0.109. The van der Waals surface area contributed by atoms with Gasteiger partial charge in [-0.25, -0.2) is 9.59 Å². The van der Waals surface area contributed by atoms with Gasteiger partial charge in [0.25, 0.3) is 0 Å². The topological polar surface area (TPSA) is 99.6 Å². The van der Waals surface area contributed by atoms with Crippen LogP contribution in [0.25, 0.3) is 0 Å². The molecule has 0 radical (unpaired) electrons. The number of ether oxygens (including phenoxy) is 2. The van der Waals surface area contributed by atoms with Crippen LogP contribution in [0.3, 0.4) is 0 Å². The van der Waals surface area contributed by atoms with Gasteiger partial charge in [-0.3, -0.25) is 0 Å². The fourth-order valence-corrected chi connectivity index (χ4v) is 13.4. The number of carbonyl (C=O) groups is 2. The van der Waals surface area contributed by atoms with Crippen LogP contribution >= 0.6 is 0 Å². The van der Waals surface area contributed by atoms with Crippen LogP contribution in [0.1, 0.15) is 310 Å². The van der Waals surface area contributed by atoms with E-state index in [1.165, 1.54) is 25.7 Å². The van der Waals surface area contributed by atoms with E-state index in [2.05, 4.69) is 553 Å². The van der Waals surface area contributed by atoms with Crippen LogP contribution in [0, 0.1) is 541 Å². The van der Waals surface area contributed by atoms with Gasteiger partial charge in [-0.1, -0.05) is 232 Å². The maximum Gasteiger partial charge on any atom is 0.408 e. The smallest absolute Gasteiger partial charge is 0.408 e. The zero-order valence-corrected chi connectivity index (χ0v) is 96.3. The third-order valence-electron chi connectivity index (χ3n) is 19.2. The lowest BCUT2D eigenvalue weighted by atomic mass is 9.43. The SMILES string of the molecule is C.C#C.C#CC.C#CC#CC.C#CC#CC#C.C#CC#CC#CC.C#CC#CC#CC#CC.C#CC#CC#CC#CC#C.C#CC#CC#CC#CC#CC.C#CC#CC#CC#CC#CC#CC.C=C[C@@H]1C[C@]1(NC(=O)OC(C)(C)C)C(=O)OCC.CC.CC.CC#CC.CC#CC#CC#CC.CC#CC#CC#CC#CC#CC.CC(C)[C@H](C)[C@H]1C(C)C1(CCCC(C(C)(C)C)(C(C)(C)C)C(C)(C)C)[C@H](C)CC(C)(C)C(C)(C)C.N. The van der Waals surface area contributed by atoms with Crippen LogP contribution in [-0.4, -0.2) is 29.8 Å². The van der Waals surface area contributed by atoms with Crippen molar-refractivity contribution in [1.82, 2.24) is 11.5 Å². The van der Waals surface area contributed by atoms with Gasteiger partial charge in [-0.2, -0.15) is 0 Å². The highest BCUT2D eigenvalue weighted by atomic mass is 16.6. The first-order valence-electron chi connectivity index (χ1n) is 46.3. The average molecular weight is 1970 g/mol. The number of nitrogens with one attached hydrogen (secondary N) is 1. The van der Waals surface area contributed by atoms with E-state index in [1.807, 2.05) is 41.5 Å². The molecule has 0 saturated heterocycles. The molecule has 1 amide bonds. The first-order valence-corrected chi connectivity index (χ1v) is 46.3. The standard InChI is InChI=1S/C35H70.C13H21NO4.C13H4.C12H6.C11H4.C10H2.C9H4.C8H6.C7H4.C6H2.C5H4.C4H6.C3H4.2C2H6.C2H2.CH4.H3N/c1-24(2)26(4)28-27(5)34(28,25(3)23-33(18,19)29(6,7)8)21-20-22-35(30(9,10)11,31(12,13)14)32(15,16)17;1-6-9-8-13(9,10(15)17-7-2)14-11(16)18-12(3,4)5;1-3-5-7-9-11-13-12-10-8-6-4-2;1-3-5-7-9-11-12-10-8-6-4-2;1-3-5-7-9-11-10-8-6-4-2;1-3-5-7-9-10-8-6-4-2;1-3-5-7-9-8-6-4-2;1-3-5-7-8-6-4-2;1-3-5-7-6-4-2;1-3-5-6-4-2;1-3-5-4-2;1-3-4-2;1-3-2;3*1-2;;/h24-28H,20-23H2,1-19H3;6,9H,1,7-8H2,2-5H3,(H,14,16);1H,2H3;1-2H3;1H,2H3;1-2H;1H,2H3;1-2H3;1H,2H3;1-2H;1H,2H3;1-2H3;1H,2H3;2*1-2H3;1-2H;1H4;1H3/t25-,26+,27?,28+,34?;9-,13-;;;;;;;;;;;;;;;;/m11................/s1. The van der Waals surface area contributed by atoms with E-state index in [0.717, 1.165) is 29.6 Å². The number of terminal acetylenes is 11. The molecule has 4 N–H and O–H groups in total. The lowest BCUT2D eigenvalue weighted by molar-refractivity contribution is -0.147. The van der Waals surface area contributed by atoms with E-state index in [-0.39, 0.29) is 47.8 Å². The van der Waals surface area contributed by atoms with Gasteiger partial charge in [-0.15, -0.1) is 101 Å². The molecule has 149 heavy (non-hydrogen) atoms. The minimum Gasteiger partial charge on any atom is -0.464 e. The van der Waals surface area contributed by atoms with Crippen molar-refractivity contribution in [2.75, 3.05) is 6.61 Å². The Hall–Kier alpha value is -18.7. The summed E-state index contributed by atoms with van der Waals surface area (Å²) in [5, 5.41) is 2.60. The van der Waals surface area contributed by atoms with Crippen molar-refractivity contribution in [3.8, 4) is 468 Å². The average Bonchev–Trinajstić information content (AvgIpc) is 1.56. The molecule has 0 aromatic heterocycles. The Bertz CT molecular complexity index is 6450. The summed E-state index contributed by atoms with van der Waals surface area (Å²) in [6.45, 7) is 87.4. The van der Waals surface area contributed by atoms with Gasteiger partial charge in [0.15, 0.2) is 0 Å². The number of hydrogen-bond acceptors (Lipinski definition) is 5. The van der Waals surface area contributed by atoms with Crippen molar-refractivity contribution in [3.63, 3.8) is 0 Å². The fourth-order valence-electron chi connectivity index (χ4n) is 13.4. The van der Waals surface area contributed by atoms with Crippen LogP contribution < -0.4 is 11.5 Å². The largest absolute Gasteiger partial charge is 0.464 e. The van der Waals surface area contributed by atoms with Gasteiger partial charge in [0.05, 0.1) is 6.61 Å². The number of esters is 1. The van der Waals surface area contributed by atoms with Crippen LogP contribution in [0.5, 0.6) is 0 Å². The van der Waals surface area contributed by atoms with Gasteiger partial charge in [0.1, 0.15) is 11.1 Å². The lowest BCUT2D eigenvalue weighted by Gasteiger charge is -2.62. The number of rotatable bonds is 13. The van der Waals surface area contributed by atoms with Crippen LogP contribution in [0.4, 0.5) is 4.79 Å². The molecule has 2 unspecified atom stereocenters. The van der Waals surface area contributed by atoms with E-state index < -0.39 is 23.2 Å². The highest BCUT2D eigenvalue weighted by Crippen LogP contribution is 2.72. The second-order valence-electron chi connectivity index (χ2n) is 33.6. The molecule has 2 aliphatic carbocycles. The molecule has 0 spiro atoms. The summed E-state index contributed by atoms with van der Waals surface area (Å²) in [6.07, 6.45) is 62.6. The maximum atomic E-state index is 11.9. The minimum absolute atomic E-state index is 0.